The molecule has 0 radical (unpaired) electrons. The maximum atomic E-state index is 13.2. The Labute approximate surface area is 207 Å². The van der Waals surface area contributed by atoms with Gasteiger partial charge in [-0.3, -0.25) is 9.59 Å². The predicted molar refractivity (Wildman–Crippen MR) is 137 cm³/mol. The van der Waals surface area contributed by atoms with E-state index in [0.29, 0.717) is 11.4 Å². The maximum absolute atomic E-state index is 13.2. The average Bonchev–Trinajstić information content (AvgIpc) is 3.19. The minimum absolute atomic E-state index is 0.0967. The minimum Gasteiger partial charge on any atom is -0.331 e. The molecule has 1 N–H and O–H groups in total. The van der Waals surface area contributed by atoms with E-state index in [-0.39, 0.29) is 42.1 Å². The van der Waals surface area contributed by atoms with E-state index in [9.17, 15) is 14.0 Å². The molecule has 0 fully saturated rings. The Kier molecular flexibility index (Phi) is 7.78. The molecule has 0 bridgehead atoms. The highest BCUT2D eigenvalue weighted by Gasteiger charge is 2.24. The predicted octanol–water partition coefficient (Wildman–Crippen LogP) is 5.34. The van der Waals surface area contributed by atoms with Crippen LogP contribution in [0.25, 0.3) is 5.69 Å². The van der Waals surface area contributed by atoms with Crippen LogP contribution >= 0.6 is 0 Å². The van der Waals surface area contributed by atoms with Crippen LogP contribution in [0.3, 0.4) is 0 Å². The summed E-state index contributed by atoms with van der Waals surface area (Å²) in [6, 6.07) is 13.5. The molecule has 0 spiro atoms. The van der Waals surface area contributed by atoms with Crippen molar-refractivity contribution in [2.75, 3.05) is 11.9 Å². The summed E-state index contributed by atoms with van der Waals surface area (Å²) in [5.41, 5.74) is 4.43. The summed E-state index contributed by atoms with van der Waals surface area (Å²) in [5, 5.41) is 7.79. The lowest BCUT2D eigenvalue weighted by molar-refractivity contribution is -0.135. The van der Waals surface area contributed by atoms with Crippen LogP contribution in [-0.2, 0) is 21.4 Å². The van der Waals surface area contributed by atoms with Crippen molar-refractivity contribution in [1.82, 2.24) is 14.7 Å². The lowest BCUT2D eigenvalue weighted by atomic mass is 9.92. The van der Waals surface area contributed by atoms with Crippen LogP contribution in [0.1, 0.15) is 57.0 Å². The molecule has 0 aliphatic rings. The fourth-order valence-electron chi connectivity index (χ4n) is 3.76. The Hall–Kier alpha value is -3.48. The summed E-state index contributed by atoms with van der Waals surface area (Å²) in [6.07, 6.45) is 0.0976. The molecule has 0 saturated carbocycles. The molecule has 2 aromatic carbocycles. The van der Waals surface area contributed by atoms with Gasteiger partial charge in [0.15, 0.2) is 0 Å². The van der Waals surface area contributed by atoms with Gasteiger partial charge in [0.25, 0.3) is 0 Å². The van der Waals surface area contributed by atoms with E-state index in [4.69, 9.17) is 5.10 Å². The second-order valence-electron chi connectivity index (χ2n) is 10.3. The number of benzene rings is 2. The Balaban J connectivity index is 1.84. The molecule has 0 aliphatic carbocycles. The minimum atomic E-state index is -0.351. The zero-order valence-electron chi connectivity index (χ0n) is 21.6. The topological polar surface area (TPSA) is 67.2 Å². The summed E-state index contributed by atoms with van der Waals surface area (Å²) in [7, 11) is 0. The third kappa shape index (κ3) is 6.35. The number of rotatable bonds is 7. The molecule has 3 aromatic rings. The van der Waals surface area contributed by atoms with Crippen molar-refractivity contribution in [3.63, 3.8) is 0 Å². The highest BCUT2D eigenvalue weighted by molar-refractivity contribution is 5.94. The number of nitrogens with one attached hydrogen (secondary N) is 1. The van der Waals surface area contributed by atoms with Gasteiger partial charge in [-0.25, -0.2) is 9.07 Å². The smallest absolute Gasteiger partial charge is 0.245 e. The van der Waals surface area contributed by atoms with Crippen LogP contribution in [-0.4, -0.2) is 39.1 Å². The van der Waals surface area contributed by atoms with Gasteiger partial charge in [0.1, 0.15) is 18.2 Å². The van der Waals surface area contributed by atoms with E-state index in [1.807, 2.05) is 52.0 Å². The van der Waals surface area contributed by atoms with Gasteiger partial charge in [0, 0.05) is 17.5 Å². The van der Waals surface area contributed by atoms with Crippen molar-refractivity contribution in [2.24, 2.45) is 0 Å². The van der Waals surface area contributed by atoms with E-state index in [1.165, 1.54) is 17.0 Å². The molecule has 1 heterocycles. The molecule has 6 nitrogen and oxygen atoms in total. The van der Waals surface area contributed by atoms with Crippen LogP contribution in [0.15, 0.2) is 48.5 Å². The number of aromatic nitrogens is 2. The van der Waals surface area contributed by atoms with Gasteiger partial charge in [0.2, 0.25) is 11.8 Å². The van der Waals surface area contributed by atoms with Gasteiger partial charge in [-0.1, -0.05) is 45.0 Å². The maximum Gasteiger partial charge on any atom is 0.245 e. The number of halogens is 1. The number of carbonyl (C=O) groups excluding carboxylic acids is 2. The molecule has 0 aliphatic heterocycles. The van der Waals surface area contributed by atoms with Crippen LogP contribution in [0.4, 0.5) is 10.2 Å². The molecule has 186 valence electrons. The highest BCUT2D eigenvalue weighted by Crippen LogP contribution is 2.28. The lowest BCUT2D eigenvalue weighted by Gasteiger charge is -2.26. The van der Waals surface area contributed by atoms with Gasteiger partial charge < -0.3 is 10.2 Å². The molecule has 35 heavy (non-hydrogen) atoms. The van der Waals surface area contributed by atoms with Gasteiger partial charge in [0.05, 0.1) is 17.8 Å². The Bertz CT molecular complexity index is 1210. The van der Waals surface area contributed by atoms with Crippen LogP contribution in [0.2, 0.25) is 0 Å². The Morgan fingerprint density at radius 1 is 1.09 bits per heavy atom. The standard InChI is InChI=1S/C28H35FN4O2/c1-18(2)32(27(35)15-21-11-13-22(29)14-12-21)17-26(34)30-25-16-24(28(5,6)7)31-33(25)23-10-8-9-19(3)20(23)4/h8-14,16,18H,15,17H2,1-7H3,(H,30,34). The van der Waals surface area contributed by atoms with Crippen LogP contribution < -0.4 is 5.32 Å². The molecule has 0 saturated heterocycles. The second kappa shape index (κ2) is 10.4. The third-order valence-corrected chi connectivity index (χ3v) is 6.08. The zero-order valence-corrected chi connectivity index (χ0v) is 21.6. The van der Waals surface area contributed by atoms with E-state index in [0.717, 1.165) is 22.5 Å². The van der Waals surface area contributed by atoms with E-state index >= 15 is 0 Å². The lowest BCUT2D eigenvalue weighted by Crippen LogP contribution is -2.43. The first-order chi connectivity index (χ1) is 16.4. The van der Waals surface area contributed by atoms with Gasteiger partial charge >= 0.3 is 0 Å². The number of carbonyl (C=O) groups is 2. The van der Waals surface area contributed by atoms with Crippen molar-refractivity contribution < 1.29 is 14.0 Å². The van der Waals surface area contributed by atoms with E-state index in [1.54, 1.807) is 16.8 Å². The highest BCUT2D eigenvalue weighted by atomic mass is 19.1. The van der Waals surface area contributed by atoms with Crippen molar-refractivity contribution in [3.8, 4) is 5.69 Å². The van der Waals surface area contributed by atoms with Crippen LogP contribution in [0.5, 0.6) is 0 Å². The second-order valence-corrected chi connectivity index (χ2v) is 10.3. The van der Waals surface area contributed by atoms with E-state index < -0.39 is 0 Å². The summed E-state index contributed by atoms with van der Waals surface area (Å²) in [4.78, 5) is 27.6. The summed E-state index contributed by atoms with van der Waals surface area (Å²) in [6.45, 7) is 13.9. The number of aryl methyl sites for hydroxylation is 1. The number of amides is 2. The fraction of sp³-hybridized carbons (Fsp3) is 0.393. The monoisotopic (exact) mass is 478 g/mol. The molecular formula is C28H35FN4O2. The number of hydrogen-bond donors (Lipinski definition) is 1. The summed E-state index contributed by atoms with van der Waals surface area (Å²) in [5.74, 6) is -0.294. The summed E-state index contributed by atoms with van der Waals surface area (Å²) < 4.78 is 15.0. The van der Waals surface area contributed by atoms with Crippen molar-refractivity contribution in [1.29, 1.82) is 0 Å². The zero-order chi connectivity index (χ0) is 25.9. The Morgan fingerprint density at radius 2 is 1.74 bits per heavy atom. The first-order valence-corrected chi connectivity index (χ1v) is 11.9. The molecule has 7 heteroatoms. The molecule has 3 rings (SSSR count). The first-order valence-electron chi connectivity index (χ1n) is 11.9. The SMILES string of the molecule is Cc1cccc(-n2nc(C(C)(C)C)cc2NC(=O)CN(C(=O)Cc2ccc(F)cc2)C(C)C)c1C. The van der Waals surface area contributed by atoms with Gasteiger partial charge in [-0.2, -0.15) is 5.10 Å². The van der Waals surface area contributed by atoms with Crippen LogP contribution in [0, 0.1) is 19.7 Å². The first kappa shape index (κ1) is 26.1. The molecule has 2 amide bonds. The third-order valence-electron chi connectivity index (χ3n) is 6.08. The summed E-state index contributed by atoms with van der Waals surface area (Å²) >= 11 is 0. The number of anilines is 1. The fourth-order valence-corrected chi connectivity index (χ4v) is 3.76. The molecule has 0 unspecified atom stereocenters. The number of hydrogen-bond acceptors (Lipinski definition) is 3. The van der Waals surface area contributed by atoms with Crippen molar-refractivity contribution >= 4 is 17.6 Å². The average molecular weight is 479 g/mol. The van der Waals surface area contributed by atoms with Crippen molar-refractivity contribution in [3.05, 3.63) is 76.7 Å². The van der Waals surface area contributed by atoms with E-state index in [2.05, 4.69) is 26.1 Å². The van der Waals surface area contributed by atoms with Gasteiger partial charge in [-0.15, -0.1) is 0 Å². The molecule has 0 atom stereocenters. The molecular weight excluding hydrogens is 443 g/mol. The number of nitrogens with zero attached hydrogens (tertiary/aromatic N) is 3. The quantitative estimate of drug-likeness (QED) is 0.498. The molecule has 1 aromatic heterocycles. The Morgan fingerprint density at radius 3 is 2.34 bits per heavy atom. The normalized spacial score (nSPS) is 11.6. The van der Waals surface area contributed by atoms with Crippen molar-refractivity contribution in [2.45, 2.75) is 66.3 Å². The largest absolute Gasteiger partial charge is 0.331 e. The van der Waals surface area contributed by atoms with Gasteiger partial charge in [-0.05, 0) is 62.6 Å².